The van der Waals surface area contributed by atoms with Gasteiger partial charge in [0.2, 0.25) is 0 Å². The molecule has 1 aromatic rings. The molecule has 0 N–H and O–H groups in total. The molecule has 2 atom stereocenters. The first-order chi connectivity index (χ1) is 9.97. The molecule has 1 aliphatic rings. The van der Waals surface area contributed by atoms with Crippen molar-refractivity contribution in [1.82, 2.24) is 0 Å². The molecule has 3 heteroatoms. The zero-order valence-electron chi connectivity index (χ0n) is 13.9. The fourth-order valence-corrected chi connectivity index (χ4v) is 9.48. The summed E-state index contributed by atoms with van der Waals surface area (Å²) in [7, 11) is 3.52. The molecule has 0 heterocycles. The van der Waals surface area contributed by atoms with Gasteiger partial charge in [0.15, 0.2) is 0 Å². The molecule has 0 bridgehead atoms. The third kappa shape index (κ3) is 4.11. The molecule has 21 heavy (non-hydrogen) atoms. The van der Waals surface area contributed by atoms with Gasteiger partial charge in [-0.1, -0.05) is 0 Å². The van der Waals surface area contributed by atoms with Crippen molar-refractivity contribution < 1.29 is 9.47 Å². The molecule has 0 saturated heterocycles. The Morgan fingerprint density at radius 3 is 2.19 bits per heavy atom. The van der Waals surface area contributed by atoms with Gasteiger partial charge < -0.3 is 0 Å². The molecule has 0 aliphatic heterocycles. The van der Waals surface area contributed by atoms with Crippen molar-refractivity contribution in [2.24, 2.45) is 5.92 Å². The van der Waals surface area contributed by atoms with Crippen LogP contribution in [0.3, 0.4) is 0 Å². The molecule has 2 unspecified atom stereocenters. The van der Waals surface area contributed by atoms with E-state index < -0.39 is 18.4 Å². The number of hydrogen-bond donors (Lipinski definition) is 0. The van der Waals surface area contributed by atoms with Gasteiger partial charge >= 0.3 is 133 Å². The van der Waals surface area contributed by atoms with E-state index in [0.29, 0.717) is 11.8 Å². The van der Waals surface area contributed by atoms with Crippen molar-refractivity contribution in [3.05, 3.63) is 45.6 Å². The van der Waals surface area contributed by atoms with E-state index in [9.17, 15) is 0 Å². The predicted molar refractivity (Wildman–Crippen MR) is 91.1 cm³/mol. The third-order valence-electron chi connectivity index (χ3n) is 4.49. The Morgan fingerprint density at radius 1 is 1.05 bits per heavy atom. The quantitative estimate of drug-likeness (QED) is 0.536. The van der Waals surface area contributed by atoms with E-state index in [2.05, 4.69) is 51.2 Å². The van der Waals surface area contributed by atoms with E-state index in [1.165, 1.54) is 5.56 Å². The molecule has 0 aromatic heterocycles. The Morgan fingerprint density at radius 2 is 1.67 bits per heavy atom. The summed E-state index contributed by atoms with van der Waals surface area (Å²) in [5.74, 6) is 0.996. The zero-order valence-corrected chi connectivity index (χ0v) is 16.8. The summed E-state index contributed by atoms with van der Waals surface area (Å²) in [6.45, 7) is 0. The summed E-state index contributed by atoms with van der Waals surface area (Å²) in [4.78, 5) is 7.45. The molecule has 0 spiro atoms. The maximum atomic E-state index is 5.62. The number of benzene rings is 1. The Labute approximate surface area is 133 Å². The normalized spacial score (nSPS) is 23.2. The van der Waals surface area contributed by atoms with Crippen molar-refractivity contribution in [3.63, 3.8) is 0 Å². The van der Waals surface area contributed by atoms with Crippen molar-refractivity contribution in [3.8, 4) is 0 Å². The Bertz CT molecular complexity index is 472. The standard InChI is InChI=1S/C15H19O2.3CH3.Sn/c1-16-15(17-2)14-10-6-9-13(11-14)12-7-4-3-5-8-12;;;;/h3-8,13-15H,9,11H2,1-2H3;3*1H3;. The van der Waals surface area contributed by atoms with Crippen LogP contribution in [0, 0.1) is 5.92 Å². The first-order valence-corrected chi connectivity index (χ1v) is 17.8. The SMILES string of the molecule is COC(OC)C1CC(c2ccccc2)CC=[C]1[Sn]([CH3])([CH3])[CH3]. The summed E-state index contributed by atoms with van der Waals surface area (Å²) in [5, 5.41) is 0. The number of rotatable bonds is 5. The minimum atomic E-state index is -2.11. The fraction of sp³-hybridized carbons (Fsp3) is 0.556. The maximum absolute atomic E-state index is 5.62. The summed E-state index contributed by atoms with van der Waals surface area (Å²) >= 11 is -2.11. The Balaban J connectivity index is 2.29. The van der Waals surface area contributed by atoms with E-state index in [4.69, 9.17) is 9.47 Å². The van der Waals surface area contributed by atoms with Crippen LogP contribution in [0.5, 0.6) is 0 Å². The fourth-order valence-electron chi connectivity index (χ4n) is 3.49. The van der Waals surface area contributed by atoms with Crippen LogP contribution in [0.2, 0.25) is 14.8 Å². The first-order valence-electron chi connectivity index (χ1n) is 7.78. The second-order valence-corrected chi connectivity index (χ2v) is 21.4. The van der Waals surface area contributed by atoms with Crippen LogP contribution in [0.4, 0.5) is 0 Å². The van der Waals surface area contributed by atoms with Gasteiger partial charge in [-0.25, -0.2) is 0 Å². The van der Waals surface area contributed by atoms with Crippen molar-refractivity contribution >= 4 is 18.4 Å². The monoisotopic (exact) mass is 396 g/mol. The van der Waals surface area contributed by atoms with E-state index in [-0.39, 0.29) is 6.29 Å². The molecule has 0 fully saturated rings. The van der Waals surface area contributed by atoms with Gasteiger partial charge in [-0.05, 0) is 0 Å². The average molecular weight is 395 g/mol. The number of ether oxygens (including phenoxy) is 2. The van der Waals surface area contributed by atoms with Crippen LogP contribution in [-0.2, 0) is 9.47 Å². The zero-order chi connectivity index (χ0) is 15.5. The van der Waals surface area contributed by atoms with Gasteiger partial charge in [0.25, 0.3) is 0 Å². The average Bonchev–Trinajstić information content (AvgIpc) is 2.48. The van der Waals surface area contributed by atoms with Crippen LogP contribution in [-0.4, -0.2) is 38.9 Å². The molecule has 1 aliphatic carbocycles. The predicted octanol–water partition coefficient (Wildman–Crippen LogP) is 4.60. The molecular formula is C18H28O2Sn. The second-order valence-electron chi connectivity index (χ2n) is 6.93. The van der Waals surface area contributed by atoms with Gasteiger partial charge in [-0.15, -0.1) is 0 Å². The molecule has 0 saturated carbocycles. The van der Waals surface area contributed by atoms with Crippen LogP contribution in [0.1, 0.15) is 24.3 Å². The molecular weight excluding hydrogens is 367 g/mol. The topological polar surface area (TPSA) is 18.5 Å². The van der Waals surface area contributed by atoms with Gasteiger partial charge in [0.05, 0.1) is 0 Å². The van der Waals surface area contributed by atoms with Crippen molar-refractivity contribution in [1.29, 1.82) is 0 Å². The van der Waals surface area contributed by atoms with Gasteiger partial charge in [-0.3, -0.25) is 0 Å². The van der Waals surface area contributed by atoms with Crippen LogP contribution >= 0.6 is 0 Å². The van der Waals surface area contributed by atoms with E-state index >= 15 is 0 Å². The minimum absolute atomic E-state index is 0.112. The summed E-state index contributed by atoms with van der Waals surface area (Å²) in [6, 6.07) is 10.8. The Kier molecular flexibility index (Phi) is 5.92. The number of hydrogen-bond acceptors (Lipinski definition) is 2. The van der Waals surface area contributed by atoms with Crippen LogP contribution < -0.4 is 0 Å². The van der Waals surface area contributed by atoms with Crippen LogP contribution in [0.15, 0.2) is 40.0 Å². The molecule has 2 nitrogen and oxygen atoms in total. The van der Waals surface area contributed by atoms with E-state index in [0.717, 1.165) is 12.8 Å². The number of methoxy groups -OCH3 is 2. The Hall–Kier alpha value is -0.321. The summed E-state index contributed by atoms with van der Waals surface area (Å²) in [5.41, 5.74) is 1.44. The summed E-state index contributed by atoms with van der Waals surface area (Å²) < 4.78 is 12.9. The molecule has 1 aromatic carbocycles. The van der Waals surface area contributed by atoms with E-state index in [1.54, 1.807) is 17.8 Å². The summed E-state index contributed by atoms with van der Waals surface area (Å²) in [6.07, 6.45) is 4.69. The molecule has 0 amide bonds. The number of allylic oxidation sites excluding steroid dienone is 1. The second kappa shape index (κ2) is 7.29. The van der Waals surface area contributed by atoms with Crippen molar-refractivity contribution in [2.75, 3.05) is 14.2 Å². The van der Waals surface area contributed by atoms with Gasteiger partial charge in [-0.2, -0.15) is 0 Å². The van der Waals surface area contributed by atoms with Gasteiger partial charge in [0.1, 0.15) is 0 Å². The van der Waals surface area contributed by atoms with E-state index in [1.807, 2.05) is 0 Å². The first kappa shape index (κ1) is 17.0. The van der Waals surface area contributed by atoms with Gasteiger partial charge in [0, 0.05) is 0 Å². The molecule has 0 radical (unpaired) electrons. The molecule has 2 rings (SSSR count). The third-order valence-corrected chi connectivity index (χ3v) is 11.1. The van der Waals surface area contributed by atoms with Crippen LogP contribution in [0.25, 0.3) is 0 Å². The van der Waals surface area contributed by atoms with Crippen molar-refractivity contribution in [2.45, 2.75) is 39.9 Å². The molecule has 116 valence electrons.